The maximum Gasteiger partial charge on any atom is 0.241 e. The molecule has 0 N–H and O–H groups in total. The summed E-state index contributed by atoms with van der Waals surface area (Å²) in [4.78, 5) is 32.7. The number of benzene rings is 1. The number of fused-ring (bicyclic) bond motifs is 2. The summed E-state index contributed by atoms with van der Waals surface area (Å²) in [5.41, 5.74) is 0.710. The maximum atomic E-state index is 13.7. The predicted octanol–water partition coefficient (Wildman–Crippen LogP) is 3.42. The zero-order valence-corrected chi connectivity index (χ0v) is 19.4. The second-order valence-corrected chi connectivity index (χ2v) is 10.4. The molecule has 1 aromatic rings. The van der Waals surface area contributed by atoms with Crippen molar-refractivity contribution >= 4 is 11.8 Å². The van der Waals surface area contributed by atoms with E-state index >= 15 is 0 Å². The van der Waals surface area contributed by atoms with E-state index in [2.05, 4.69) is 15.9 Å². The molecule has 7 heteroatoms. The molecule has 4 atom stereocenters. The monoisotopic (exact) mass is 452 g/mol. The number of carbonyl (C=O) groups excluding carboxylic acids is 2. The number of hydrogen-bond donors (Lipinski definition) is 0. The Hall–Kier alpha value is -2.46. The highest BCUT2D eigenvalue weighted by molar-refractivity contribution is 5.87. The topological polar surface area (TPSA) is 67.7 Å². The molecule has 5 rings (SSSR count). The fourth-order valence-electron chi connectivity index (χ4n) is 6.87. The van der Waals surface area contributed by atoms with E-state index in [1.54, 1.807) is 4.90 Å². The Labute approximate surface area is 195 Å². The molecule has 33 heavy (non-hydrogen) atoms. The van der Waals surface area contributed by atoms with Crippen LogP contribution in [0.25, 0.3) is 0 Å². The van der Waals surface area contributed by atoms with Crippen molar-refractivity contribution in [3.05, 3.63) is 35.6 Å². The minimum atomic E-state index is -0.342. The van der Waals surface area contributed by atoms with Crippen LogP contribution in [0.2, 0.25) is 0 Å². The molecule has 0 unspecified atom stereocenters. The van der Waals surface area contributed by atoms with E-state index < -0.39 is 0 Å². The van der Waals surface area contributed by atoms with Gasteiger partial charge in [-0.1, -0.05) is 38.3 Å². The van der Waals surface area contributed by atoms with Crippen molar-refractivity contribution in [2.45, 2.75) is 82.0 Å². The van der Waals surface area contributed by atoms with E-state index in [4.69, 9.17) is 0 Å². The Morgan fingerprint density at radius 3 is 2.61 bits per heavy atom. The number of carbonyl (C=O) groups is 2. The van der Waals surface area contributed by atoms with Crippen LogP contribution in [0, 0.1) is 23.1 Å². The highest BCUT2D eigenvalue weighted by Crippen LogP contribution is 2.49. The molecule has 0 radical (unpaired) electrons. The largest absolute Gasteiger partial charge is 0.327 e. The maximum absolute atomic E-state index is 13.7. The highest BCUT2D eigenvalue weighted by Gasteiger charge is 2.57. The third-order valence-corrected chi connectivity index (χ3v) is 8.41. The Morgan fingerprint density at radius 1 is 1.21 bits per heavy atom. The standard InChI is InChI=1S/C26H33FN4O2/c1-18(24(32)30-13-5-6-21(30)15-28)16-29-17-22-14-23(29)25(33)31(22)26(11-3-2-4-12-26)19-7-9-20(27)10-8-19/h7-10,18,21-23H,2-6,11-14,16-17H2,1H3/t18-,21-,22+,23+/m0/s1. The number of likely N-dealkylation sites (tertiary alicyclic amines) is 3. The zero-order chi connectivity index (χ0) is 23.2. The Bertz CT molecular complexity index is 952. The van der Waals surface area contributed by atoms with Crippen molar-refractivity contribution in [3.8, 4) is 6.07 Å². The lowest BCUT2D eigenvalue weighted by molar-refractivity contribution is -0.148. The quantitative estimate of drug-likeness (QED) is 0.687. The molecular weight excluding hydrogens is 419 g/mol. The van der Waals surface area contributed by atoms with Gasteiger partial charge < -0.3 is 9.80 Å². The van der Waals surface area contributed by atoms with Crippen molar-refractivity contribution in [2.24, 2.45) is 5.92 Å². The van der Waals surface area contributed by atoms with Gasteiger partial charge in [-0.15, -0.1) is 0 Å². The van der Waals surface area contributed by atoms with E-state index in [0.29, 0.717) is 13.1 Å². The van der Waals surface area contributed by atoms with Gasteiger partial charge in [0.05, 0.1) is 17.6 Å². The molecule has 3 saturated heterocycles. The molecule has 0 aromatic heterocycles. The first-order chi connectivity index (χ1) is 15.9. The Kier molecular flexibility index (Phi) is 5.90. The van der Waals surface area contributed by atoms with Crippen molar-refractivity contribution < 1.29 is 14.0 Å². The van der Waals surface area contributed by atoms with Crippen LogP contribution in [0.1, 0.15) is 63.9 Å². The SMILES string of the molecule is C[C@@H](CN1C[C@H]2C[C@@H]1C(=O)N2C1(c2ccc(F)cc2)CCCCC1)C(=O)N1CCC[C@H]1C#N. The Balaban J connectivity index is 1.32. The van der Waals surface area contributed by atoms with Gasteiger partial charge in [0.25, 0.3) is 0 Å². The molecule has 2 bridgehead atoms. The lowest BCUT2D eigenvalue weighted by Gasteiger charge is -2.50. The van der Waals surface area contributed by atoms with Crippen LogP contribution in [-0.2, 0) is 15.1 Å². The number of halogens is 1. The first kappa shape index (κ1) is 22.3. The second-order valence-electron chi connectivity index (χ2n) is 10.4. The summed E-state index contributed by atoms with van der Waals surface area (Å²) in [5.74, 6) is -0.296. The minimum Gasteiger partial charge on any atom is -0.327 e. The number of rotatable bonds is 5. The summed E-state index contributed by atoms with van der Waals surface area (Å²) in [7, 11) is 0. The summed E-state index contributed by atoms with van der Waals surface area (Å²) in [5, 5.41) is 9.33. The summed E-state index contributed by atoms with van der Waals surface area (Å²) >= 11 is 0. The number of nitriles is 1. The molecule has 1 saturated carbocycles. The lowest BCUT2D eigenvalue weighted by atomic mass is 9.74. The molecular formula is C26H33FN4O2. The normalized spacial score (nSPS) is 30.0. The molecule has 1 aliphatic carbocycles. The van der Waals surface area contributed by atoms with Crippen LogP contribution in [-0.4, -0.2) is 64.3 Å². The Morgan fingerprint density at radius 2 is 1.94 bits per heavy atom. The van der Waals surface area contributed by atoms with Crippen LogP contribution >= 0.6 is 0 Å². The average Bonchev–Trinajstić information content (AvgIpc) is 3.54. The third kappa shape index (κ3) is 3.73. The number of piperazine rings is 1. The van der Waals surface area contributed by atoms with Crippen LogP contribution in [0.15, 0.2) is 24.3 Å². The predicted molar refractivity (Wildman–Crippen MR) is 121 cm³/mol. The average molecular weight is 453 g/mol. The van der Waals surface area contributed by atoms with Crippen LogP contribution in [0.5, 0.6) is 0 Å². The van der Waals surface area contributed by atoms with E-state index in [-0.39, 0.29) is 47.2 Å². The summed E-state index contributed by atoms with van der Waals surface area (Å²) < 4.78 is 13.6. The van der Waals surface area contributed by atoms with Crippen LogP contribution in [0.3, 0.4) is 0 Å². The minimum absolute atomic E-state index is 0.0289. The molecule has 0 spiro atoms. The zero-order valence-electron chi connectivity index (χ0n) is 19.4. The van der Waals surface area contributed by atoms with Crippen molar-refractivity contribution in [2.75, 3.05) is 19.6 Å². The van der Waals surface area contributed by atoms with Crippen molar-refractivity contribution in [1.29, 1.82) is 5.26 Å². The summed E-state index contributed by atoms with van der Waals surface area (Å²) in [6.07, 6.45) is 7.60. The molecule has 4 fully saturated rings. The summed E-state index contributed by atoms with van der Waals surface area (Å²) in [6, 6.07) is 8.63. The number of hydrogen-bond acceptors (Lipinski definition) is 4. The lowest BCUT2D eigenvalue weighted by Crippen LogP contribution is -2.60. The van der Waals surface area contributed by atoms with Gasteiger partial charge in [-0.2, -0.15) is 5.26 Å². The fourth-order valence-corrected chi connectivity index (χ4v) is 6.87. The van der Waals surface area contributed by atoms with Crippen molar-refractivity contribution in [3.63, 3.8) is 0 Å². The van der Waals surface area contributed by atoms with Crippen LogP contribution in [0.4, 0.5) is 4.39 Å². The van der Waals surface area contributed by atoms with Crippen LogP contribution < -0.4 is 0 Å². The van der Waals surface area contributed by atoms with Gasteiger partial charge >= 0.3 is 0 Å². The highest BCUT2D eigenvalue weighted by atomic mass is 19.1. The second kappa shape index (κ2) is 8.72. The first-order valence-electron chi connectivity index (χ1n) is 12.5. The van der Waals surface area contributed by atoms with Gasteiger partial charge in [-0.3, -0.25) is 14.5 Å². The third-order valence-electron chi connectivity index (χ3n) is 8.41. The first-order valence-corrected chi connectivity index (χ1v) is 12.5. The molecule has 2 amide bonds. The smallest absolute Gasteiger partial charge is 0.241 e. The number of amides is 2. The molecule has 3 aliphatic heterocycles. The molecule has 6 nitrogen and oxygen atoms in total. The molecule has 4 aliphatic rings. The van der Waals surface area contributed by atoms with E-state index in [1.807, 2.05) is 19.1 Å². The van der Waals surface area contributed by atoms with E-state index in [9.17, 15) is 19.2 Å². The van der Waals surface area contributed by atoms with Gasteiger partial charge in [0.15, 0.2) is 0 Å². The van der Waals surface area contributed by atoms with Gasteiger partial charge in [-0.25, -0.2) is 4.39 Å². The van der Waals surface area contributed by atoms with E-state index in [0.717, 1.165) is 57.1 Å². The fraction of sp³-hybridized carbons (Fsp3) is 0.654. The van der Waals surface area contributed by atoms with Gasteiger partial charge in [0.1, 0.15) is 11.9 Å². The van der Waals surface area contributed by atoms with Gasteiger partial charge in [-0.05, 0) is 49.8 Å². The van der Waals surface area contributed by atoms with Crippen molar-refractivity contribution in [1.82, 2.24) is 14.7 Å². The molecule has 176 valence electrons. The molecule has 1 aromatic carbocycles. The summed E-state index contributed by atoms with van der Waals surface area (Å²) in [6.45, 7) is 3.90. The van der Waals surface area contributed by atoms with E-state index in [1.165, 1.54) is 18.6 Å². The van der Waals surface area contributed by atoms with Gasteiger partial charge in [0, 0.05) is 31.6 Å². The molecule has 3 heterocycles. The van der Waals surface area contributed by atoms with Gasteiger partial charge in [0.2, 0.25) is 11.8 Å². The number of nitrogens with zero attached hydrogens (tertiary/aromatic N) is 4.